The maximum absolute atomic E-state index is 13.0. The third-order valence-corrected chi connectivity index (χ3v) is 8.15. The van der Waals surface area contributed by atoms with Crippen LogP contribution in [-0.2, 0) is 10.0 Å². The molecule has 0 aromatic heterocycles. The summed E-state index contributed by atoms with van der Waals surface area (Å²) < 4.78 is 27.2. The topological polar surface area (TPSA) is 83.7 Å². The molecule has 0 bridgehead atoms. The fourth-order valence-electron chi connectivity index (χ4n) is 4.37. The molecule has 1 aliphatic carbocycles. The molecule has 152 valence electrons. The van der Waals surface area contributed by atoms with Crippen molar-refractivity contribution >= 4 is 28.3 Å². The summed E-state index contributed by atoms with van der Waals surface area (Å²) in [5.41, 5.74) is 7.26. The Morgan fingerprint density at radius 2 is 1.89 bits per heavy atom. The second-order valence-corrected chi connectivity index (χ2v) is 9.35. The zero-order valence-corrected chi connectivity index (χ0v) is 17.9. The molecule has 2 fully saturated rings. The Balaban J connectivity index is 0.00000261. The molecule has 3 unspecified atom stereocenters. The first-order valence-corrected chi connectivity index (χ1v) is 10.9. The lowest BCUT2D eigenvalue weighted by Crippen LogP contribution is -2.34. The van der Waals surface area contributed by atoms with Crippen molar-refractivity contribution in [2.45, 2.75) is 44.6 Å². The van der Waals surface area contributed by atoms with E-state index in [4.69, 9.17) is 5.73 Å². The second-order valence-electron chi connectivity index (χ2n) is 7.44. The Kier molecular flexibility index (Phi) is 6.95. The quantitative estimate of drug-likeness (QED) is 0.799. The van der Waals surface area contributed by atoms with Crippen molar-refractivity contribution in [2.75, 3.05) is 26.2 Å². The lowest BCUT2D eigenvalue weighted by atomic mass is 9.98. The number of nitrogens with two attached hydrogens (primary N) is 1. The maximum Gasteiger partial charge on any atom is 0.253 e. The highest BCUT2D eigenvalue weighted by atomic mass is 35.5. The first kappa shape index (κ1) is 22.1. The summed E-state index contributed by atoms with van der Waals surface area (Å²) in [6.45, 7) is 7.62. The molecule has 0 radical (unpaired) electrons. The number of sulfonamides is 1. The van der Waals surface area contributed by atoms with Crippen LogP contribution in [-0.4, -0.2) is 55.8 Å². The zero-order valence-electron chi connectivity index (χ0n) is 16.2. The molecular formula is C19H30ClN3O3S. The van der Waals surface area contributed by atoms with Crippen molar-refractivity contribution in [3.8, 4) is 0 Å². The summed E-state index contributed by atoms with van der Waals surface area (Å²) >= 11 is 0. The number of nitrogens with zero attached hydrogens (tertiary/aromatic N) is 2. The van der Waals surface area contributed by atoms with Gasteiger partial charge in [-0.15, -0.1) is 12.4 Å². The van der Waals surface area contributed by atoms with E-state index in [9.17, 15) is 13.2 Å². The molecule has 27 heavy (non-hydrogen) atoms. The van der Waals surface area contributed by atoms with Gasteiger partial charge in [-0.25, -0.2) is 8.42 Å². The van der Waals surface area contributed by atoms with Crippen molar-refractivity contribution in [3.05, 3.63) is 29.3 Å². The summed E-state index contributed by atoms with van der Waals surface area (Å²) in [4.78, 5) is 15.0. The molecule has 3 rings (SSSR count). The molecule has 1 heterocycles. The van der Waals surface area contributed by atoms with Crippen molar-refractivity contribution in [2.24, 2.45) is 17.6 Å². The molecule has 1 saturated carbocycles. The van der Waals surface area contributed by atoms with Gasteiger partial charge in [0, 0.05) is 37.8 Å². The number of hydrogen-bond acceptors (Lipinski definition) is 4. The Labute approximate surface area is 168 Å². The molecule has 1 aromatic carbocycles. The molecule has 1 aliphatic heterocycles. The predicted molar refractivity (Wildman–Crippen MR) is 109 cm³/mol. The van der Waals surface area contributed by atoms with E-state index in [2.05, 4.69) is 0 Å². The van der Waals surface area contributed by atoms with Crippen LogP contribution in [0.2, 0.25) is 0 Å². The molecule has 3 atom stereocenters. The maximum atomic E-state index is 13.0. The van der Waals surface area contributed by atoms with Crippen LogP contribution >= 0.6 is 12.4 Å². The van der Waals surface area contributed by atoms with Gasteiger partial charge in [-0.3, -0.25) is 4.79 Å². The molecular weight excluding hydrogens is 386 g/mol. The summed E-state index contributed by atoms with van der Waals surface area (Å²) in [6, 6.07) is 5.17. The molecule has 1 amide bonds. The number of rotatable bonds is 5. The number of hydrogen-bond donors (Lipinski definition) is 1. The lowest BCUT2D eigenvalue weighted by molar-refractivity contribution is 0.0779. The summed E-state index contributed by atoms with van der Waals surface area (Å²) in [5, 5.41) is 0. The van der Waals surface area contributed by atoms with E-state index < -0.39 is 10.0 Å². The van der Waals surface area contributed by atoms with Crippen LogP contribution in [0.3, 0.4) is 0 Å². The van der Waals surface area contributed by atoms with Gasteiger partial charge >= 0.3 is 0 Å². The Bertz CT molecular complexity index is 795. The van der Waals surface area contributed by atoms with E-state index >= 15 is 0 Å². The van der Waals surface area contributed by atoms with Crippen molar-refractivity contribution in [1.29, 1.82) is 0 Å². The van der Waals surface area contributed by atoms with Gasteiger partial charge in [-0.05, 0) is 49.3 Å². The van der Waals surface area contributed by atoms with Gasteiger partial charge in [0.1, 0.15) is 0 Å². The van der Waals surface area contributed by atoms with Gasteiger partial charge in [-0.1, -0.05) is 19.9 Å². The van der Waals surface area contributed by atoms with Crippen LogP contribution < -0.4 is 5.73 Å². The fraction of sp³-hybridized carbons (Fsp3) is 0.632. The number of benzene rings is 1. The largest absolute Gasteiger partial charge is 0.338 e. The second kappa shape index (κ2) is 8.47. The van der Waals surface area contributed by atoms with Crippen LogP contribution in [0, 0.1) is 18.8 Å². The highest BCUT2D eigenvalue weighted by molar-refractivity contribution is 7.89. The molecule has 0 spiro atoms. The molecule has 8 heteroatoms. The summed E-state index contributed by atoms with van der Waals surface area (Å²) in [6.07, 6.45) is 2.11. The molecule has 1 saturated heterocycles. The highest BCUT2D eigenvalue weighted by Crippen LogP contribution is 2.37. The van der Waals surface area contributed by atoms with Gasteiger partial charge in [0.25, 0.3) is 5.91 Å². The Morgan fingerprint density at radius 3 is 2.48 bits per heavy atom. The number of fused-ring (bicyclic) bond motifs is 1. The summed E-state index contributed by atoms with van der Waals surface area (Å²) in [5.74, 6) is 0.768. The van der Waals surface area contributed by atoms with Crippen LogP contribution in [0.15, 0.2) is 23.1 Å². The third kappa shape index (κ3) is 4.01. The number of carbonyl (C=O) groups is 1. The van der Waals surface area contributed by atoms with Crippen molar-refractivity contribution in [1.82, 2.24) is 9.21 Å². The van der Waals surface area contributed by atoms with Crippen LogP contribution in [0.4, 0.5) is 0 Å². The average Bonchev–Trinajstić information content (AvgIpc) is 3.18. The van der Waals surface area contributed by atoms with E-state index in [0.29, 0.717) is 42.6 Å². The standard InChI is InChI=1S/C19H29N3O3S.ClH/c1-4-22(5-2)26(24,25)18-10-14(7-6-13(18)3)19(23)21-11-15-8-9-17(20)16(15)12-21;/h6-7,10,15-17H,4-5,8-9,11-12,20H2,1-3H3;1H. The van der Waals surface area contributed by atoms with E-state index in [0.717, 1.165) is 19.4 Å². The molecule has 2 aliphatic rings. The monoisotopic (exact) mass is 415 g/mol. The normalized spacial score (nSPS) is 24.8. The van der Waals surface area contributed by atoms with Gasteiger partial charge in [0.2, 0.25) is 10.0 Å². The van der Waals surface area contributed by atoms with Gasteiger partial charge in [0.05, 0.1) is 4.90 Å². The number of likely N-dealkylation sites (tertiary alicyclic amines) is 1. The predicted octanol–water partition coefficient (Wildman–Crippen LogP) is 2.26. The molecule has 2 N–H and O–H groups in total. The Hall–Kier alpha value is -1.15. The van der Waals surface area contributed by atoms with E-state index in [1.54, 1.807) is 25.1 Å². The van der Waals surface area contributed by atoms with Crippen molar-refractivity contribution < 1.29 is 13.2 Å². The lowest BCUT2D eigenvalue weighted by Gasteiger charge is -2.22. The highest BCUT2D eigenvalue weighted by Gasteiger charge is 2.42. The fourth-order valence-corrected chi connectivity index (χ4v) is 6.08. The Morgan fingerprint density at radius 1 is 1.22 bits per heavy atom. The van der Waals surface area contributed by atoms with E-state index in [1.165, 1.54) is 4.31 Å². The van der Waals surface area contributed by atoms with Crippen LogP contribution in [0.1, 0.15) is 42.6 Å². The minimum atomic E-state index is -3.59. The van der Waals surface area contributed by atoms with Gasteiger partial charge in [0.15, 0.2) is 0 Å². The van der Waals surface area contributed by atoms with E-state index in [1.807, 2.05) is 18.7 Å². The SMILES string of the molecule is CCN(CC)S(=O)(=O)c1cc(C(=O)N2CC3CCC(N)C3C2)ccc1C.Cl. The number of aryl methyl sites for hydroxylation is 1. The first-order chi connectivity index (χ1) is 12.3. The van der Waals surface area contributed by atoms with Crippen molar-refractivity contribution in [3.63, 3.8) is 0 Å². The summed E-state index contributed by atoms with van der Waals surface area (Å²) in [7, 11) is -3.59. The van der Waals surface area contributed by atoms with E-state index in [-0.39, 0.29) is 29.3 Å². The van der Waals surface area contributed by atoms with Gasteiger partial charge < -0.3 is 10.6 Å². The minimum absolute atomic E-state index is 0. The minimum Gasteiger partial charge on any atom is -0.338 e. The number of carbonyl (C=O) groups excluding carboxylic acids is 1. The average molecular weight is 416 g/mol. The zero-order chi connectivity index (χ0) is 19.1. The van der Waals surface area contributed by atoms with Gasteiger partial charge in [-0.2, -0.15) is 4.31 Å². The third-order valence-electron chi connectivity index (χ3n) is 5.96. The smallest absolute Gasteiger partial charge is 0.253 e. The first-order valence-electron chi connectivity index (χ1n) is 9.45. The molecule has 1 aromatic rings. The van der Waals surface area contributed by atoms with Crippen LogP contribution in [0.25, 0.3) is 0 Å². The van der Waals surface area contributed by atoms with Crippen LogP contribution in [0.5, 0.6) is 0 Å². The molecule has 6 nitrogen and oxygen atoms in total. The number of halogens is 1. The number of amides is 1.